The lowest BCUT2D eigenvalue weighted by Gasteiger charge is -2.12. The van der Waals surface area contributed by atoms with Crippen molar-refractivity contribution in [3.8, 4) is 28.2 Å². The molecule has 0 fully saturated rings. The molecule has 0 unspecified atom stereocenters. The molecule has 4 heterocycles. The molecule has 0 saturated carbocycles. The largest absolute Gasteiger partial charge is 0.309 e. The fraction of sp³-hybridized carbons (Fsp3) is 0. The summed E-state index contributed by atoms with van der Waals surface area (Å²) in [6, 6.07) is 73.6. The summed E-state index contributed by atoms with van der Waals surface area (Å²) in [7, 11) is 0. The number of para-hydroxylation sites is 4. The first-order chi connectivity index (χ1) is 28.8. The lowest BCUT2D eigenvalue weighted by Crippen LogP contribution is -1.97. The molecular weight excluding hydrogens is 723 g/mol. The maximum atomic E-state index is 2.47. The molecule has 4 aromatic heterocycles. The molecule has 13 aromatic rings. The van der Waals surface area contributed by atoms with Crippen LogP contribution in [0.2, 0.25) is 0 Å². The Morgan fingerprint density at radius 3 is 1.21 bits per heavy atom. The highest BCUT2D eigenvalue weighted by molar-refractivity contribution is 7.26. The van der Waals surface area contributed by atoms with E-state index >= 15 is 0 Å². The summed E-state index contributed by atoms with van der Waals surface area (Å²) in [5.74, 6) is 0. The Morgan fingerprint density at radius 1 is 0.276 bits per heavy atom. The van der Waals surface area contributed by atoms with Crippen LogP contribution in [0.4, 0.5) is 0 Å². The molecule has 4 heteroatoms. The summed E-state index contributed by atoms with van der Waals surface area (Å²) in [5, 5.41) is 10.2. The molecule has 13 rings (SSSR count). The van der Waals surface area contributed by atoms with Crippen molar-refractivity contribution < 1.29 is 0 Å². The van der Waals surface area contributed by atoms with Gasteiger partial charge in [0.2, 0.25) is 0 Å². The van der Waals surface area contributed by atoms with Gasteiger partial charge < -0.3 is 13.7 Å². The number of fused-ring (bicyclic) bond motifs is 12. The minimum absolute atomic E-state index is 1.14. The van der Waals surface area contributed by atoms with Crippen LogP contribution >= 0.6 is 11.3 Å². The first-order valence-corrected chi connectivity index (χ1v) is 20.7. The van der Waals surface area contributed by atoms with Crippen LogP contribution in [0.5, 0.6) is 0 Å². The van der Waals surface area contributed by atoms with E-state index in [2.05, 4.69) is 214 Å². The highest BCUT2D eigenvalue weighted by Gasteiger charge is 2.19. The van der Waals surface area contributed by atoms with Crippen molar-refractivity contribution in [2.45, 2.75) is 0 Å². The molecule has 0 aliphatic rings. The fourth-order valence-corrected chi connectivity index (χ4v) is 10.9. The Hall–Kier alpha value is -7.40. The fourth-order valence-electron chi connectivity index (χ4n) is 9.70. The average molecular weight is 756 g/mol. The van der Waals surface area contributed by atoms with Gasteiger partial charge in [0.15, 0.2) is 0 Å². The third-order valence-electron chi connectivity index (χ3n) is 12.2. The molecule has 0 spiro atoms. The second kappa shape index (κ2) is 12.1. The van der Waals surface area contributed by atoms with Crippen LogP contribution in [0.1, 0.15) is 0 Å². The van der Waals surface area contributed by atoms with Crippen molar-refractivity contribution in [1.82, 2.24) is 13.7 Å². The average Bonchev–Trinajstić information content (AvgIpc) is 4.03. The van der Waals surface area contributed by atoms with Crippen molar-refractivity contribution in [2.75, 3.05) is 0 Å². The SMILES string of the molecule is c1ccc2c(c1)sc1c(-n3c4ccccc4c4cc(-c5ccc6c(c5)c5ccccc5n6-c5ccc(-n6c7ccccc7c7ccccc76)cc5)ccc43)cccc12. The molecule has 0 aliphatic heterocycles. The molecule has 0 radical (unpaired) electrons. The molecule has 270 valence electrons. The lowest BCUT2D eigenvalue weighted by atomic mass is 10.0. The summed E-state index contributed by atoms with van der Waals surface area (Å²) < 4.78 is 9.90. The quantitative estimate of drug-likeness (QED) is 0.170. The summed E-state index contributed by atoms with van der Waals surface area (Å²) in [4.78, 5) is 0. The zero-order valence-electron chi connectivity index (χ0n) is 31.3. The van der Waals surface area contributed by atoms with E-state index in [0.717, 1.165) is 11.4 Å². The third-order valence-corrected chi connectivity index (χ3v) is 13.5. The Labute approximate surface area is 337 Å². The van der Waals surface area contributed by atoms with Gasteiger partial charge in [0.05, 0.1) is 43.5 Å². The smallest absolute Gasteiger partial charge is 0.0640 e. The van der Waals surface area contributed by atoms with Gasteiger partial charge in [0, 0.05) is 59.2 Å². The monoisotopic (exact) mass is 755 g/mol. The molecule has 0 amide bonds. The number of benzene rings is 9. The Morgan fingerprint density at radius 2 is 0.672 bits per heavy atom. The van der Waals surface area contributed by atoms with Crippen LogP contribution in [0, 0.1) is 0 Å². The van der Waals surface area contributed by atoms with E-state index in [1.54, 1.807) is 0 Å². The van der Waals surface area contributed by atoms with Crippen molar-refractivity contribution >= 4 is 96.9 Å². The van der Waals surface area contributed by atoms with E-state index in [0.29, 0.717) is 0 Å². The maximum absolute atomic E-state index is 2.47. The van der Waals surface area contributed by atoms with Crippen LogP contribution in [0.3, 0.4) is 0 Å². The van der Waals surface area contributed by atoms with E-state index < -0.39 is 0 Å². The molecule has 0 saturated heterocycles. The summed E-state index contributed by atoms with van der Waals surface area (Å²) in [6.45, 7) is 0. The summed E-state index contributed by atoms with van der Waals surface area (Å²) >= 11 is 1.88. The molecule has 3 nitrogen and oxygen atoms in total. The predicted octanol–water partition coefficient (Wildman–Crippen LogP) is 15.0. The lowest BCUT2D eigenvalue weighted by molar-refractivity contribution is 1.14. The number of hydrogen-bond acceptors (Lipinski definition) is 1. The summed E-state index contributed by atoms with van der Waals surface area (Å²) in [6.07, 6.45) is 0. The van der Waals surface area contributed by atoms with Gasteiger partial charge in [0.1, 0.15) is 0 Å². The van der Waals surface area contributed by atoms with Gasteiger partial charge in [-0.25, -0.2) is 0 Å². The van der Waals surface area contributed by atoms with E-state index in [1.165, 1.54) is 102 Å². The molecule has 58 heavy (non-hydrogen) atoms. The number of thiophene rings is 1. The molecule has 0 atom stereocenters. The Kier molecular flexibility index (Phi) is 6.60. The predicted molar refractivity (Wildman–Crippen MR) is 248 cm³/mol. The standard InChI is InChI=1S/C54H33N3S/c1-6-18-46-38(12-1)39-13-2-7-19-47(39)55(46)36-26-28-37(29-27-36)56-48-20-8-3-14-40(48)44-32-34(24-30-50(44)56)35-25-31-51-45(33-35)41-15-4-9-21-49(41)57(51)52-22-11-17-43-42-16-5-10-23-53(42)58-54(43)52/h1-33H. The minimum Gasteiger partial charge on any atom is -0.309 e. The molecule has 9 aromatic carbocycles. The van der Waals surface area contributed by atoms with Crippen molar-refractivity contribution in [2.24, 2.45) is 0 Å². The number of hydrogen-bond donors (Lipinski definition) is 0. The van der Waals surface area contributed by atoms with Gasteiger partial charge in [-0.1, -0.05) is 115 Å². The van der Waals surface area contributed by atoms with Crippen molar-refractivity contribution in [1.29, 1.82) is 0 Å². The van der Waals surface area contributed by atoms with Crippen molar-refractivity contribution in [3.63, 3.8) is 0 Å². The second-order valence-electron chi connectivity index (χ2n) is 15.3. The highest BCUT2D eigenvalue weighted by atomic mass is 32.1. The van der Waals surface area contributed by atoms with Gasteiger partial charge in [0.25, 0.3) is 0 Å². The van der Waals surface area contributed by atoms with Crippen molar-refractivity contribution in [3.05, 3.63) is 200 Å². The minimum atomic E-state index is 1.14. The Bertz CT molecular complexity index is 3740. The van der Waals surface area contributed by atoms with Gasteiger partial charge >= 0.3 is 0 Å². The van der Waals surface area contributed by atoms with E-state index in [4.69, 9.17) is 0 Å². The van der Waals surface area contributed by atoms with Crippen LogP contribution < -0.4 is 0 Å². The van der Waals surface area contributed by atoms with E-state index in [9.17, 15) is 0 Å². The van der Waals surface area contributed by atoms with Gasteiger partial charge in [-0.3, -0.25) is 0 Å². The van der Waals surface area contributed by atoms with Crippen LogP contribution in [-0.4, -0.2) is 13.7 Å². The molecule has 0 bridgehead atoms. The Balaban J connectivity index is 0.949. The normalized spacial score (nSPS) is 12.1. The molecular formula is C54H33N3S. The van der Waals surface area contributed by atoms with Crippen LogP contribution in [0.15, 0.2) is 200 Å². The maximum Gasteiger partial charge on any atom is 0.0640 e. The van der Waals surface area contributed by atoms with Gasteiger partial charge in [-0.2, -0.15) is 0 Å². The topological polar surface area (TPSA) is 14.8 Å². The number of nitrogens with zero attached hydrogens (tertiary/aromatic N) is 3. The van der Waals surface area contributed by atoms with E-state index in [-0.39, 0.29) is 0 Å². The number of rotatable bonds is 4. The zero-order chi connectivity index (χ0) is 37.9. The van der Waals surface area contributed by atoms with Gasteiger partial charge in [-0.05, 0) is 96.1 Å². The number of aromatic nitrogens is 3. The van der Waals surface area contributed by atoms with Crippen LogP contribution in [-0.2, 0) is 0 Å². The van der Waals surface area contributed by atoms with Crippen LogP contribution in [0.25, 0.3) is 114 Å². The summed E-state index contributed by atoms with van der Waals surface area (Å²) in [5.41, 5.74) is 13.2. The first kappa shape index (κ1) is 31.8. The highest BCUT2D eigenvalue weighted by Crippen LogP contribution is 2.42. The third kappa shape index (κ3) is 4.43. The zero-order valence-corrected chi connectivity index (χ0v) is 32.1. The second-order valence-corrected chi connectivity index (χ2v) is 16.4. The molecule has 0 N–H and O–H groups in total. The van der Waals surface area contributed by atoms with E-state index in [1.807, 2.05) is 11.3 Å². The van der Waals surface area contributed by atoms with Gasteiger partial charge in [-0.15, -0.1) is 11.3 Å². The first-order valence-electron chi connectivity index (χ1n) is 19.8. The molecule has 0 aliphatic carbocycles.